The maximum Gasteiger partial charge on any atom is 1.00 e. The molecule has 2 atom stereocenters. The predicted molar refractivity (Wildman–Crippen MR) is 49.3 cm³/mol. The van der Waals surface area contributed by atoms with Gasteiger partial charge in [-0.1, -0.05) is 13.3 Å². The molecule has 14 heavy (non-hydrogen) atoms. The summed E-state index contributed by atoms with van der Waals surface area (Å²) >= 11 is 0. The summed E-state index contributed by atoms with van der Waals surface area (Å²) in [4.78, 5) is 0. The minimum absolute atomic E-state index is 0. The number of rotatable bonds is 6. The van der Waals surface area contributed by atoms with Crippen LogP contribution in [0, 0.1) is 0 Å². The van der Waals surface area contributed by atoms with Gasteiger partial charge in [-0.25, -0.2) is 8.42 Å². The zero-order valence-corrected chi connectivity index (χ0v) is 11.9. The van der Waals surface area contributed by atoms with E-state index in [1.165, 1.54) is 0 Å². The summed E-state index contributed by atoms with van der Waals surface area (Å²) in [5.74, 6) is 0. The molecule has 4 nitrogen and oxygen atoms in total. The quantitative estimate of drug-likeness (QED) is 0.419. The van der Waals surface area contributed by atoms with Gasteiger partial charge in [-0.3, -0.25) is 0 Å². The Morgan fingerprint density at radius 1 is 1.29 bits per heavy atom. The summed E-state index contributed by atoms with van der Waals surface area (Å²) in [7, 11) is -4.18. The number of aliphatic hydroxyl groups excluding tert-OH is 1. The first-order chi connectivity index (χ1) is 5.88. The van der Waals surface area contributed by atoms with Crippen LogP contribution in [0.25, 0.3) is 0 Å². The van der Waals surface area contributed by atoms with Gasteiger partial charge >= 0.3 is 29.6 Å². The Balaban J connectivity index is 0. The van der Waals surface area contributed by atoms with Gasteiger partial charge < -0.3 is 9.66 Å². The van der Waals surface area contributed by atoms with Crippen molar-refractivity contribution in [3.8, 4) is 0 Å². The molecule has 0 aromatic carbocycles. The molecule has 0 amide bonds. The predicted octanol–water partition coefficient (Wildman–Crippen LogP) is -2.13. The monoisotopic (exact) mass is 232 g/mol. The summed E-state index contributed by atoms with van der Waals surface area (Å²) < 4.78 is 32.1. The van der Waals surface area contributed by atoms with Crippen molar-refractivity contribution in [2.24, 2.45) is 0 Å². The van der Waals surface area contributed by atoms with E-state index in [0.29, 0.717) is 19.3 Å². The van der Waals surface area contributed by atoms with Crippen molar-refractivity contribution in [3.63, 3.8) is 0 Å². The molecule has 0 radical (unpaired) electrons. The Kier molecular flexibility index (Phi) is 9.96. The van der Waals surface area contributed by atoms with Gasteiger partial charge in [-0.15, -0.1) is 0 Å². The molecule has 2 unspecified atom stereocenters. The second-order valence-electron chi connectivity index (χ2n) is 3.33. The van der Waals surface area contributed by atoms with Crippen LogP contribution in [0.15, 0.2) is 0 Å². The maximum atomic E-state index is 10.7. The zero-order valence-electron chi connectivity index (χ0n) is 9.06. The van der Waals surface area contributed by atoms with E-state index in [2.05, 4.69) is 0 Å². The molecule has 0 aliphatic rings. The van der Waals surface area contributed by atoms with Crippen molar-refractivity contribution in [2.45, 2.75) is 50.9 Å². The van der Waals surface area contributed by atoms with Crippen LogP contribution in [0.2, 0.25) is 0 Å². The molecule has 0 aliphatic heterocycles. The molecule has 0 aliphatic carbocycles. The second-order valence-corrected chi connectivity index (χ2v) is 4.98. The van der Waals surface area contributed by atoms with Crippen LogP contribution in [0.4, 0.5) is 0 Å². The van der Waals surface area contributed by atoms with Crippen molar-refractivity contribution >= 4 is 10.1 Å². The second kappa shape index (κ2) is 8.07. The van der Waals surface area contributed by atoms with Crippen LogP contribution >= 0.6 is 0 Å². The standard InChI is InChI=1S/C8H18O4S.Na/c1-3-4-8(13(10,11)12)6-5-7(2)9;/h7-9H,3-6H2,1-2H3,(H,10,11,12);/q;+1/p-1. The molecule has 6 heteroatoms. The fourth-order valence-corrected chi connectivity index (χ4v) is 2.13. The summed E-state index contributed by atoms with van der Waals surface area (Å²) in [6.07, 6.45) is 1.15. The SMILES string of the molecule is CCCC(CCC(C)O)S(=O)(=O)[O-].[Na+]. The average molecular weight is 232 g/mol. The van der Waals surface area contributed by atoms with E-state index in [1.54, 1.807) is 6.92 Å². The van der Waals surface area contributed by atoms with Gasteiger partial charge in [-0.05, 0) is 26.2 Å². The fourth-order valence-electron chi connectivity index (χ4n) is 1.18. The van der Waals surface area contributed by atoms with Crippen molar-refractivity contribution < 1.29 is 47.6 Å². The molecule has 0 spiro atoms. The van der Waals surface area contributed by atoms with E-state index >= 15 is 0 Å². The summed E-state index contributed by atoms with van der Waals surface area (Å²) in [6.45, 7) is 3.42. The number of hydrogen-bond donors (Lipinski definition) is 1. The number of aliphatic hydroxyl groups is 1. The Hall–Kier alpha value is 0.870. The van der Waals surface area contributed by atoms with Crippen LogP contribution in [0.1, 0.15) is 39.5 Å². The first kappa shape index (κ1) is 17.3. The van der Waals surface area contributed by atoms with Crippen LogP contribution in [-0.4, -0.2) is 29.4 Å². The van der Waals surface area contributed by atoms with Crippen molar-refractivity contribution in [2.75, 3.05) is 0 Å². The largest absolute Gasteiger partial charge is 1.00 e. The summed E-state index contributed by atoms with van der Waals surface area (Å²) in [5, 5.41) is 8.11. The van der Waals surface area contributed by atoms with Crippen LogP contribution in [-0.2, 0) is 10.1 Å². The Labute approximate surface area is 108 Å². The number of hydrogen-bond acceptors (Lipinski definition) is 4. The Morgan fingerprint density at radius 3 is 2.07 bits per heavy atom. The van der Waals surface area contributed by atoms with Crippen molar-refractivity contribution in [1.29, 1.82) is 0 Å². The van der Waals surface area contributed by atoms with Gasteiger partial charge in [0.05, 0.1) is 16.2 Å². The van der Waals surface area contributed by atoms with Crippen LogP contribution < -0.4 is 29.6 Å². The third-order valence-corrected chi connectivity index (χ3v) is 3.21. The molecule has 80 valence electrons. The molecule has 0 saturated carbocycles. The maximum absolute atomic E-state index is 10.7. The molecule has 0 aromatic heterocycles. The third kappa shape index (κ3) is 8.20. The molecule has 1 N–H and O–H groups in total. The van der Waals surface area contributed by atoms with Gasteiger partial charge in [0.2, 0.25) is 0 Å². The smallest absolute Gasteiger partial charge is 0.748 e. The third-order valence-electron chi connectivity index (χ3n) is 1.93. The minimum atomic E-state index is -4.18. The van der Waals surface area contributed by atoms with Crippen molar-refractivity contribution in [3.05, 3.63) is 0 Å². The molecule has 0 heterocycles. The van der Waals surface area contributed by atoms with E-state index in [9.17, 15) is 13.0 Å². The van der Waals surface area contributed by atoms with E-state index < -0.39 is 21.5 Å². The minimum Gasteiger partial charge on any atom is -0.748 e. The topological polar surface area (TPSA) is 77.4 Å². The van der Waals surface area contributed by atoms with Crippen LogP contribution in [0.3, 0.4) is 0 Å². The molecule has 0 aromatic rings. The van der Waals surface area contributed by atoms with E-state index in [4.69, 9.17) is 5.11 Å². The van der Waals surface area contributed by atoms with E-state index in [1.807, 2.05) is 6.92 Å². The summed E-state index contributed by atoms with van der Waals surface area (Å²) in [5.41, 5.74) is 0. The zero-order chi connectivity index (χ0) is 10.5. The van der Waals surface area contributed by atoms with Crippen LogP contribution in [0.5, 0.6) is 0 Å². The van der Waals surface area contributed by atoms with Gasteiger partial charge in [0.25, 0.3) is 0 Å². The molecule has 0 rings (SSSR count). The first-order valence-electron chi connectivity index (χ1n) is 4.50. The van der Waals surface area contributed by atoms with Gasteiger partial charge in [0.15, 0.2) is 0 Å². The summed E-state index contributed by atoms with van der Waals surface area (Å²) in [6, 6.07) is 0. The molecule has 0 fully saturated rings. The van der Waals surface area contributed by atoms with E-state index in [-0.39, 0.29) is 36.0 Å². The molecular formula is C8H17NaO4S. The Bertz CT molecular complexity index is 225. The Morgan fingerprint density at radius 2 is 1.79 bits per heavy atom. The van der Waals surface area contributed by atoms with Gasteiger partial charge in [-0.2, -0.15) is 0 Å². The molecule has 0 saturated heterocycles. The van der Waals surface area contributed by atoms with Gasteiger partial charge in [0, 0.05) is 5.25 Å². The molecular weight excluding hydrogens is 215 g/mol. The fraction of sp³-hybridized carbons (Fsp3) is 1.00. The first-order valence-corrected chi connectivity index (χ1v) is 5.97. The van der Waals surface area contributed by atoms with Crippen molar-refractivity contribution in [1.82, 2.24) is 0 Å². The average Bonchev–Trinajstić information content (AvgIpc) is 1.95. The van der Waals surface area contributed by atoms with E-state index in [0.717, 1.165) is 0 Å². The van der Waals surface area contributed by atoms with Gasteiger partial charge in [0.1, 0.15) is 0 Å². The molecule has 0 bridgehead atoms. The normalized spacial score (nSPS) is 15.7.